The molecule has 0 spiro atoms. The maximum atomic E-state index is 13.5. The van der Waals surface area contributed by atoms with Gasteiger partial charge in [-0.3, -0.25) is 9.78 Å². The number of aromatic nitrogens is 1. The molecule has 4 N–H and O–H groups in total. The third-order valence-corrected chi connectivity index (χ3v) is 2.48. The second-order valence-corrected chi connectivity index (χ2v) is 3.80. The lowest BCUT2D eigenvalue weighted by atomic mass is 10.1. The zero-order valence-corrected chi connectivity index (χ0v) is 9.82. The lowest BCUT2D eigenvalue weighted by Crippen LogP contribution is -2.16. The van der Waals surface area contributed by atoms with Crippen LogP contribution in [0.15, 0.2) is 24.5 Å². The van der Waals surface area contributed by atoms with Crippen molar-refractivity contribution in [2.75, 3.05) is 11.1 Å². The molecule has 0 fully saturated rings. The van der Waals surface area contributed by atoms with Crippen LogP contribution in [0.2, 0.25) is 0 Å². The van der Waals surface area contributed by atoms with Crippen LogP contribution < -0.4 is 11.1 Å². The molecule has 0 aliphatic carbocycles. The number of nitrogens with zero attached hydrogens (tertiary/aromatic N) is 1. The van der Waals surface area contributed by atoms with E-state index in [1.165, 1.54) is 18.5 Å². The Morgan fingerprint density at radius 2 is 2.00 bits per heavy atom. The maximum Gasteiger partial charge on any atom is 0.258 e. The van der Waals surface area contributed by atoms with Gasteiger partial charge in [0.25, 0.3) is 5.91 Å². The van der Waals surface area contributed by atoms with Crippen molar-refractivity contribution in [3.8, 4) is 5.75 Å². The summed E-state index contributed by atoms with van der Waals surface area (Å²) < 4.78 is 39.5. The molecule has 0 bridgehead atoms. The maximum absolute atomic E-state index is 13.5. The molecule has 0 radical (unpaired) electrons. The molecule has 1 amide bonds. The molecule has 20 heavy (non-hydrogen) atoms. The first-order chi connectivity index (χ1) is 9.41. The van der Waals surface area contributed by atoms with Crippen molar-refractivity contribution in [3.05, 3.63) is 47.5 Å². The van der Waals surface area contributed by atoms with Crippen LogP contribution in [0.1, 0.15) is 10.4 Å². The fourth-order valence-electron chi connectivity index (χ4n) is 1.47. The van der Waals surface area contributed by atoms with E-state index in [1.54, 1.807) is 0 Å². The number of nitrogens with one attached hydrogen (secondary N) is 1. The molecule has 0 aliphatic heterocycles. The van der Waals surface area contributed by atoms with E-state index in [4.69, 9.17) is 10.8 Å². The average Bonchev–Trinajstić information content (AvgIpc) is 2.43. The highest BCUT2D eigenvalue weighted by Crippen LogP contribution is 2.26. The lowest BCUT2D eigenvalue weighted by Gasteiger charge is -2.09. The van der Waals surface area contributed by atoms with Gasteiger partial charge in [0, 0.05) is 6.20 Å². The number of halogens is 3. The number of anilines is 2. The highest BCUT2D eigenvalue weighted by atomic mass is 19.2. The Morgan fingerprint density at radius 1 is 1.30 bits per heavy atom. The van der Waals surface area contributed by atoms with Gasteiger partial charge in [0.15, 0.2) is 17.4 Å². The summed E-state index contributed by atoms with van der Waals surface area (Å²) in [4.78, 5) is 15.5. The summed E-state index contributed by atoms with van der Waals surface area (Å²) in [5.74, 6) is -7.51. The van der Waals surface area contributed by atoms with E-state index in [1.807, 2.05) is 0 Å². The van der Waals surface area contributed by atoms with Crippen molar-refractivity contribution in [2.45, 2.75) is 0 Å². The normalized spacial score (nSPS) is 10.3. The number of phenols is 1. The zero-order chi connectivity index (χ0) is 14.9. The van der Waals surface area contributed by atoms with Gasteiger partial charge in [-0.25, -0.2) is 8.78 Å². The van der Waals surface area contributed by atoms with Gasteiger partial charge in [-0.05, 0) is 12.1 Å². The van der Waals surface area contributed by atoms with Gasteiger partial charge in [0.1, 0.15) is 0 Å². The second kappa shape index (κ2) is 5.08. The summed E-state index contributed by atoms with van der Waals surface area (Å²) in [7, 11) is 0. The molecule has 1 heterocycles. The Morgan fingerprint density at radius 3 is 2.65 bits per heavy atom. The Kier molecular flexibility index (Phi) is 3.47. The number of nitrogen functional groups attached to an aromatic ring is 1. The van der Waals surface area contributed by atoms with Crippen LogP contribution in [-0.2, 0) is 0 Å². The monoisotopic (exact) mass is 283 g/mol. The molecule has 2 rings (SSSR count). The molecule has 0 saturated heterocycles. The predicted molar refractivity (Wildman–Crippen MR) is 64.6 cm³/mol. The van der Waals surface area contributed by atoms with E-state index in [2.05, 4.69) is 10.3 Å². The Labute approximate surface area is 110 Å². The van der Waals surface area contributed by atoms with Crippen LogP contribution in [0.25, 0.3) is 0 Å². The number of hydrogen-bond donors (Lipinski definition) is 3. The third kappa shape index (κ3) is 2.35. The molecule has 0 saturated carbocycles. The second-order valence-electron chi connectivity index (χ2n) is 3.80. The van der Waals surface area contributed by atoms with E-state index >= 15 is 0 Å². The first kappa shape index (κ1) is 13.7. The van der Waals surface area contributed by atoms with Crippen LogP contribution in [-0.4, -0.2) is 16.0 Å². The molecule has 0 aliphatic rings. The zero-order valence-electron chi connectivity index (χ0n) is 9.82. The van der Waals surface area contributed by atoms with Gasteiger partial charge in [-0.1, -0.05) is 0 Å². The molecular formula is C12H8F3N3O2. The van der Waals surface area contributed by atoms with Crippen molar-refractivity contribution in [1.82, 2.24) is 4.98 Å². The van der Waals surface area contributed by atoms with E-state index in [0.29, 0.717) is 6.07 Å². The molecule has 1 aromatic carbocycles. The van der Waals surface area contributed by atoms with Crippen molar-refractivity contribution in [1.29, 1.82) is 0 Å². The number of benzene rings is 1. The largest absolute Gasteiger partial charge is 0.503 e. The standard InChI is InChI=1S/C12H8F3N3O2/c13-6-3-5(9(14)11(19)10(6)15)12(20)18-8-1-2-17-4-7(8)16/h1-4,19H,16H2,(H,17,18,20). The summed E-state index contributed by atoms with van der Waals surface area (Å²) in [6.07, 6.45) is 2.57. The van der Waals surface area contributed by atoms with Crippen LogP contribution in [0.5, 0.6) is 5.75 Å². The number of pyridine rings is 1. The lowest BCUT2D eigenvalue weighted by molar-refractivity contribution is 0.102. The smallest absolute Gasteiger partial charge is 0.258 e. The van der Waals surface area contributed by atoms with Gasteiger partial charge in [0.2, 0.25) is 5.82 Å². The predicted octanol–water partition coefficient (Wildman–Crippen LogP) is 2.04. The fourth-order valence-corrected chi connectivity index (χ4v) is 1.47. The van der Waals surface area contributed by atoms with Crippen molar-refractivity contribution >= 4 is 17.3 Å². The summed E-state index contributed by atoms with van der Waals surface area (Å²) in [6.45, 7) is 0. The molecule has 5 nitrogen and oxygen atoms in total. The number of nitrogens with two attached hydrogens (primary N) is 1. The van der Waals surface area contributed by atoms with Crippen LogP contribution >= 0.6 is 0 Å². The highest BCUT2D eigenvalue weighted by Gasteiger charge is 2.22. The quantitative estimate of drug-likeness (QED) is 0.736. The van der Waals surface area contributed by atoms with Gasteiger partial charge in [0.05, 0.1) is 23.1 Å². The summed E-state index contributed by atoms with van der Waals surface area (Å²) in [5.41, 5.74) is 4.89. The topological polar surface area (TPSA) is 88.2 Å². The van der Waals surface area contributed by atoms with Crippen molar-refractivity contribution in [3.63, 3.8) is 0 Å². The fraction of sp³-hybridized carbons (Fsp3) is 0. The Bertz CT molecular complexity index is 692. The van der Waals surface area contributed by atoms with Gasteiger partial charge in [-0.2, -0.15) is 4.39 Å². The Hall–Kier alpha value is -2.77. The number of hydrogen-bond acceptors (Lipinski definition) is 4. The van der Waals surface area contributed by atoms with E-state index < -0.39 is 34.7 Å². The first-order valence-electron chi connectivity index (χ1n) is 5.29. The van der Waals surface area contributed by atoms with Crippen molar-refractivity contribution < 1.29 is 23.1 Å². The van der Waals surface area contributed by atoms with Gasteiger partial charge < -0.3 is 16.2 Å². The summed E-state index contributed by atoms with van der Waals surface area (Å²) in [5, 5.41) is 11.2. The minimum atomic E-state index is -1.76. The number of rotatable bonds is 2. The minimum absolute atomic E-state index is 0.105. The molecule has 0 atom stereocenters. The number of carbonyl (C=O) groups excluding carboxylic acids is 1. The highest BCUT2D eigenvalue weighted by molar-refractivity contribution is 6.06. The average molecular weight is 283 g/mol. The summed E-state index contributed by atoms with van der Waals surface area (Å²) in [6, 6.07) is 1.68. The third-order valence-electron chi connectivity index (χ3n) is 2.48. The molecule has 104 valence electrons. The molecule has 2 aromatic rings. The molecule has 8 heteroatoms. The van der Waals surface area contributed by atoms with Crippen LogP contribution in [0.4, 0.5) is 24.5 Å². The van der Waals surface area contributed by atoms with Gasteiger partial charge >= 0.3 is 0 Å². The van der Waals surface area contributed by atoms with E-state index in [-0.39, 0.29) is 11.4 Å². The van der Waals surface area contributed by atoms with E-state index in [9.17, 15) is 18.0 Å². The number of carbonyl (C=O) groups is 1. The number of phenolic OH excluding ortho intramolecular Hbond substituents is 1. The molecular weight excluding hydrogens is 275 g/mol. The van der Waals surface area contributed by atoms with Crippen LogP contribution in [0.3, 0.4) is 0 Å². The Balaban J connectivity index is 2.38. The summed E-state index contributed by atoms with van der Waals surface area (Å²) >= 11 is 0. The molecule has 0 unspecified atom stereocenters. The number of amides is 1. The molecule has 1 aromatic heterocycles. The minimum Gasteiger partial charge on any atom is -0.503 e. The number of aromatic hydroxyl groups is 1. The van der Waals surface area contributed by atoms with Gasteiger partial charge in [-0.15, -0.1) is 0 Å². The van der Waals surface area contributed by atoms with Crippen molar-refractivity contribution in [2.24, 2.45) is 0 Å². The SMILES string of the molecule is Nc1cnccc1NC(=O)c1cc(F)c(F)c(O)c1F. The first-order valence-corrected chi connectivity index (χ1v) is 5.29. The van der Waals surface area contributed by atoms with E-state index in [0.717, 1.165) is 0 Å². The van der Waals surface area contributed by atoms with Crippen LogP contribution in [0, 0.1) is 17.5 Å².